The van der Waals surface area contributed by atoms with E-state index in [4.69, 9.17) is 0 Å². The highest BCUT2D eigenvalue weighted by Crippen LogP contribution is 2.06. The average Bonchev–Trinajstić information content (AvgIpc) is 2.49. The molecular formula is C8H19Cl2N3S. The van der Waals surface area contributed by atoms with Crippen molar-refractivity contribution in [2.24, 2.45) is 4.99 Å². The third-order valence-corrected chi connectivity index (χ3v) is 2.67. The molecule has 1 aliphatic heterocycles. The molecule has 0 spiro atoms. The van der Waals surface area contributed by atoms with Gasteiger partial charge in [0.25, 0.3) is 0 Å². The average molecular weight is 260 g/mol. The maximum atomic E-state index is 4.31. The molecule has 1 aliphatic rings. The number of aliphatic imine (C=N–C) groups is 1. The molecule has 3 nitrogen and oxygen atoms in total. The Kier molecular flexibility index (Phi) is 11.9. The van der Waals surface area contributed by atoms with Crippen LogP contribution in [0.25, 0.3) is 0 Å². The van der Waals surface area contributed by atoms with E-state index < -0.39 is 0 Å². The lowest BCUT2D eigenvalue weighted by atomic mass is 10.5. The van der Waals surface area contributed by atoms with Crippen LogP contribution in [0.1, 0.15) is 6.42 Å². The van der Waals surface area contributed by atoms with Crippen molar-refractivity contribution in [2.45, 2.75) is 6.42 Å². The summed E-state index contributed by atoms with van der Waals surface area (Å²) in [5, 5.41) is 4.38. The van der Waals surface area contributed by atoms with Gasteiger partial charge in [-0.25, -0.2) is 0 Å². The summed E-state index contributed by atoms with van der Waals surface area (Å²) < 4.78 is 0. The number of halogens is 2. The minimum absolute atomic E-state index is 0. The van der Waals surface area contributed by atoms with Crippen LogP contribution < -0.4 is 5.32 Å². The van der Waals surface area contributed by atoms with Crippen molar-refractivity contribution in [1.82, 2.24) is 10.2 Å². The van der Waals surface area contributed by atoms with Gasteiger partial charge in [0.05, 0.1) is 6.54 Å². The summed E-state index contributed by atoms with van der Waals surface area (Å²) in [6.45, 7) is 3.15. The molecule has 0 saturated carbocycles. The summed E-state index contributed by atoms with van der Waals surface area (Å²) in [7, 11) is 4.21. The number of hydrogen-bond donors (Lipinski definition) is 1. The van der Waals surface area contributed by atoms with E-state index in [1.807, 2.05) is 11.8 Å². The summed E-state index contributed by atoms with van der Waals surface area (Å²) in [4.78, 5) is 6.52. The van der Waals surface area contributed by atoms with Crippen LogP contribution in [0.15, 0.2) is 4.99 Å². The van der Waals surface area contributed by atoms with Gasteiger partial charge in [0.15, 0.2) is 5.17 Å². The fourth-order valence-corrected chi connectivity index (χ4v) is 1.88. The van der Waals surface area contributed by atoms with E-state index in [0.717, 1.165) is 18.3 Å². The first-order chi connectivity index (χ1) is 5.79. The van der Waals surface area contributed by atoms with Crippen LogP contribution >= 0.6 is 36.6 Å². The van der Waals surface area contributed by atoms with Crippen LogP contribution in [0.4, 0.5) is 0 Å². The normalized spacial score (nSPS) is 14.1. The van der Waals surface area contributed by atoms with Gasteiger partial charge < -0.3 is 10.2 Å². The van der Waals surface area contributed by atoms with Crippen LogP contribution in [-0.2, 0) is 0 Å². The fraction of sp³-hybridized carbons (Fsp3) is 0.875. The Balaban J connectivity index is 0. The number of amidine groups is 1. The van der Waals surface area contributed by atoms with Crippen molar-refractivity contribution in [1.29, 1.82) is 0 Å². The number of hydrogen-bond acceptors (Lipinski definition) is 4. The zero-order valence-corrected chi connectivity index (χ0v) is 11.1. The predicted octanol–water partition coefficient (Wildman–Crippen LogP) is 1.47. The van der Waals surface area contributed by atoms with Crippen molar-refractivity contribution < 1.29 is 0 Å². The molecule has 0 amide bonds. The van der Waals surface area contributed by atoms with Crippen molar-refractivity contribution in [2.75, 3.05) is 39.5 Å². The second-order valence-corrected chi connectivity index (χ2v) is 4.20. The quantitative estimate of drug-likeness (QED) is 0.776. The lowest BCUT2D eigenvalue weighted by molar-refractivity contribution is 0.410. The molecule has 0 aromatic rings. The summed E-state index contributed by atoms with van der Waals surface area (Å²) in [6, 6.07) is 0. The highest BCUT2D eigenvalue weighted by molar-refractivity contribution is 8.13. The molecule has 86 valence electrons. The second kappa shape index (κ2) is 9.90. The summed E-state index contributed by atoms with van der Waals surface area (Å²) in [5.74, 6) is 1.17. The van der Waals surface area contributed by atoms with Gasteiger partial charge in [-0.1, -0.05) is 11.8 Å². The first-order valence-electron chi connectivity index (χ1n) is 4.35. The van der Waals surface area contributed by atoms with Crippen molar-refractivity contribution in [3.05, 3.63) is 0 Å². The third-order valence-electron chi connectivity index (χ3n) is 1.63. The SMILES string of the molecule is CN(C)CCCSC1=NCCN1.Cl.Cl. The van der Waals surface area contributed by atoms with E-state index in [1.54, 1.807) is 0 Å². The van der Waals surface area contributed by atoms with Gasteiger partial charge in [0.1, 0.15) is 0 Å². The lowest BCUT2D eigenvalue weighted by Gasteiger charge is -2.08. The van der Waals surface area contributed by atoms with Crippen molar-refractivity contribution in [3.8, 4) is 0 Å². The van der Waals surface area contributed by atoms with Gasteiger partial charge in [0.2, 0.25) is 0 Å². The number of thioether (sulfide) groups is 1. The van der Waals surface area contributed by atoms with Crippen molar-refractivity contribution >= 4 is 41.7 Å². The Morgan fingerprint density at radius 1 is 1.43 bits per heavy atom. The van der Waals surface area contributed by atoms with Crippen LogP contribution in [0, 0.1) is 0 Å². The zero-order chi connectivity index (χ0) is 8.81. The number of nitrogens with zero attached hydrogens (tertiary/aromatic N) is 2. The minimum Gasteiger partial charge on any atom is -0.363 e. The minimum atomic E-state index is 0. The Labute approximate surface area is 103 Å². The standard InChI is InChI=1S/C8H17N3S.2ClH/c1-11(2)6-3-7-12-8-9-4-5-10-8;;/h3-7H2,1-2H3,(H,9,10);2*1H. The lowest BCUT2D eigenvalue weighted by Crippen LogP contribution is -2.17. The van der Waals surface area contributed by atoms with E-state index >= 15 is 0 Å². The van der Waals surface area contributed by atoms with Gasteiger partial charge in [-0.3, -0.25) is 4.99 Å². The zero-order valence-electron chi connectivity index (χ0n) is 8.65. The van der Waals surface area contributed by atoms with Crippen LogP contribution in [0.2, 0.25) is 0 Å². The molecule has 0 aromatic heterocycles. The molecule has 14 heavy (non-hydrogen) atoms. The molecule has 0 saturated heterocycles. The Hall–Kier alpha value is 0.360. The monoisotopic (exact) mass is 259 g/mol. The van der Waals surface area contributed by atoms with Gasteiger partial charge in [-0.15, -0.1) is 24.8 Å². The first kappa shape index (κ1) is 16.8. The Bertz CT molecular complexity index is 165. The van der Waals surface area contributed by atoms with E-state index in [0.29, 0.717) is 0 Å². The highest BCUT2D eigenvalue weighted by atomic mass is 35.5. The maximum absolute atomic E-state index is 4.31. The molecule has 0 fully saturated rings. The molecule has 0 bridgehead atoms. The van der Waals surface area contributed by atoms with Crippen LogP contribution in [0.3, 0.4) is 0 Å². The van der Waals surface area contributed by atoms with E-state index in [1.165, 1.54) is 18.7 Å². The van der Waals surface area contributed by atoms with Gasteiger partial charge in [-0.2, -0.15) is 0 Å². The molecule has 0 aliphatic carbocycles. The molecule has 1 heterocycles. The van der Waals surface area contributed by atoms with Crippen LogP contribution in [-0.4, -0.2) is 49.6 Å². The summed E-state index contributed by atoms with van der Waals surface area (Å²) >= 11 is 1.84. The third kappa shape index (κ3) is 7.74. The Morgan fingerprint density at radius 3 is 2.64 bits per heavy atom. The van der Waals surface area contributed by atoms with Gasteiger partial charge in [0, 0.05) is 12.3 Å². The molecule has 6 heteroatoms. The van der Waals surface area contributed by atoms with Crippen molar-refractivity contribution in [3.63, 3.8) is 0 Å². The molecular weight excluding hydrogens is 241 g/mol. The molecule has 0 unspecified atom stereocenters. The predicted molar refractivity (Wildman–Crippen MR) is 70.4 cm³/mol. The first-order valence-corrected chi connectivity index (χ1v) is 5.33. The fourth-order valence-electron chi connectivity index (χ4n) is 1.02. The van der Waals surface area contributed by atoms with E-state index in [2.05, 4.69) is 29.3 Å². The number of nitrogens with one attached hydrogen (secondary N) is 1. The summed E-state index contributed by atoms with van der Waals surface area (Å²) in [6.07, 6.45) is 1.23. The number of rotatable bonds is 4. The summed E-state index contributed by atoms with van der Waals surface area (Å²) in [5.41, 5.74) is 0. The molecule has 0 radical (unpaired) electrons. The maximum Gasteiger partial charge on any atom is 0.156 e. The van der Waals surface area contributed by atoms with Gasteiger partial charge in [-0.05, 0) is 27.1 Å². The molecule has 1 rings (SSSR count). The highest BCUT2D eigenvalue weighted by Gasteiger charge is 2.04. The van der Waals surface area contributed by atoms with E-state index in [9.17, 15) is 0 Å². The second-order valence-electron chi connectivity index (χ2n) is 3.12. The Morgan fingerprint density at radius 2 is 2.14 bits per heavy atom. The van der Waals surface area contributed by atoms with Gasteiger partial charge >= 0.3 is 0 Å². The van der Waals surface area contributed by atoms with Crippen LogP contribution in [0.5, 0.6) is 0 Å². The largest absolute Gasteiger partial charge is 0.363 e. The van der Waals surface area contributed by atoms with E-state index in [-0.39, 0.29) is 24.8 Å². The topological polar surface area (TPSA) is 27.6 Å². The molecule has 1 N–H and O–H groups in total. The molecule has 0 aromatic carbocycles. The molecule has 0 atom stereocenters. The smallest absolute Gasteiger partial charge is 0.156 e.